The molecular formula is C12H24N2O. The van der Waals surface area contributed by atoms with Gasteiger partial charge in [0.15, 0.2) is 0 Å². The van der Waals surface area contributed by atoms with E-state index >= 15 is 0 Å². The number of nitrogens with two attached hydrogens (primary N) is 1. The largest absolute Gasteiger partial charge is 0.377 e. The first-order chi connectivity index (χ1) is 7.22. The van der Waals surface area contributed by atoms with E-state index in [1.54, 1.807) is 0 Å². The van der Waals surface area contributed by atoms with Crippen LogP contribution >= 0.6 is 0 Å². The van der Waals surface area contributed by atoms with Crippen LogP contribution in [0.3, 0.4) is 0 Å². The fourth-order valence-electron chi connectivity index (χ4n) is 2.99. The Hall–Kier alpha value is -0.120. The molecule has 2 aliphatic heterocycles. The number of likely N-dealkylation sites (tertiary alicyclic amines) is 1. The lowest BCUT2D eigenvalue weighted by molar-refractivity contribution is 0.0405. The first-order valence-corrected chi connectivity index (χ1v) is 6.28. The van der Waals surface area contributed by atoms with Crippen LogP contribution in [-0.2, 0) is 4.74 Å². The number of piperidine rings is 1. The average Bonchev–Trinajstić information content (AvgIpc) is 2.65. The Morgan fingerprint density at radius 1 is 1.33 bits per heavy atom. The zero-order valence-corrected chi connectivity index (χ0v) is 9.98. The molecule has 2 fully saturated rings. The first kappa shape index (κ1) is 11.4. The summed E-state index contributed by atoms with van der Waals surface area (Å²) in [6, 6.07) is 0.645. The van der Waals surface area contributed by atoms with E-state index < -0.39 is 0 Å². The van der Waals surface area contributed by atoms with E-state index in [0.29, 0.717) is 18.1 Å². The highest BCUT2D eigenvalue weighted by Gasteiger charge is 2.34. The summed E-state index contributed by atoms with van der Waals surface area (Å²) in [6.07, 6.45) is 2.91. The second kappa shape index (κ2) is 4.81. The maximum Gasteiger partial charge on any atom is 0.0703 e. The van der Waals surface area contributed by atoms with Crippen LogP contribution in [0.1, 0.15) is 26.7 Å². The Morgan fingerprint density at radius 2 is 2.13 bits per heavy atom. The third-order valence-corrected chi connectivity index (χ3v) is 4.25. The van der Waals surface area contributed by atoms with Crippen LogP contribution in [0.2, 0.25) is 0 Å². The van der Waals surface area contributed by atoms with Crippen LogP contribution < -0.4 is 5.73 Å². The lowest BCUT2D eigenvalue weighted by Gasteiger charge is -2.40. The molecule has 2 rings (SSSR count). The zero-order chi connectivity index (χ0) is 10.8. The highest BCUT2D eigenvalue weighted by molar-refractivity contribution is 4.87. The van der Waals surface area contributed by atoms with Gasteiger partial charge in [-0.05, 0) is 44.7 Å². The van der Waals surface area contributed by atoms with Crippen molar-refractivity contribution < 1.29 is 4.74 Å². The second-order valence-corrected chi connectivity index (χ2v) is 5.19. The van der Waals surface area contributed by atoms with Gasteiger partial charge in [-0.25, -0.2) is 0 Å². The van der Waals surface area contributed by atoms with Crippen molar-refractivity contribution >= 4 is 0 Å². The average molecular weight is 212 g/mol. The molecule has 2 N–H and O–H groups in total. The van der Waals surface area contributed by atoms with Crippen molar-refractivity contribution in [1.29, 1.82) is 0 Å². The predicted molar refractivity (Wildman–Crippen MR) is 61.7 cm³/mol. The van der Waals surface area contributed by atoms with Crippen molar-refractivity contribution in [3.05, 3.63) is 0 Å². The molecule has 0 amide bonds. The number of hydrogen-bond acceptors (Lipinski definition) is 3. The molecule has 0 spiro atoms. The maximum atomic E-state index is 5.83. The lowest BCUT2D eigenvalue weighted by Crippen LogP contribution is -2.49. The van der Waals surface area contributed by atoms with E-state index in [-0.39, 0.29) is 0 Å². The molecule has 0 radical (unpaired) electrons. The van der Waals surface area contributed by atoms with Crippen molar-refractivity contribution in [2.75, 3.05) is 26.2 Å². The number of nitrogens with zero attached hydrogens (tertiary/aromatic N) is 1. The number of hydrogen-bond donors (Lipinski definition) is 1. The van der Waals surface area contributed by atoms with Crippen LogP contribution in [0.25, 0.3) is 0 Å². The van der Waals surface area contributed by atoms with E-state index in [0.717, 1.165) is 19.1 Å². The standard InChI is InChI=1S/C12H24N2O/c1-9-3-5-14(8-11(9)7-13)12-4-6-15-10(12)2/h9-12H,3-8,13H2,1-2H3. The van der Waals surface area contributed by atoms with Crippen LogP contribution in [0.5, 0.6) is 0 Å². The maximum absolute atomic E-state index is 5.83. The van der Waals surface area contributed by atoms with E-state index in [1.807, 2.05) is 0 Å². The van der Waals surface area contributed by atoms with Gasteiger partial charge in [0, 0.05) is 19.2 Å². The molecule has 2 aliphatic rings. The van der Waals surface area contributed by atoms with Crippen molar-refractivity contribution in [3.8, 4) is 0 Å². The zero-order valence-electron chi connectivity index (χ0n) is 9.98. The summed E-state index contributed by atoms with van der Waals surface area (Å²) in [5.74, 6) is 1.48. The van der Waals surface area contributed by atoms with Gasteiger partial charge in [0.25, 0.3) is 0 Å². The minimum atomic E-state index is 0.414. The fraction of sp³-hybridized carbons (Fsp3) is 1.00. The van der Waals surface area contributed by atoms with Crippen molar-refractivity contribution in [2.24, 2.45) is 17.6 Å². The molecule has 3 nitrogen and oxygen atoms in total. The van der Waals surface area contributed by atoms with Gasteiger partial charge in [-0.3, -0.25) is 4.90 Å². The summed E-state index contributed by atoms with van der Waals surface area (Å²) in [6.45, 7) is 8.72. The van der Waals surface area contributed by atoms with Crippen LogP contribution in [0, 0.1) is 11.8 Å². The quantitative estimate of drug-likeness (QED) is 0.744. The minimum absolute atomic E-state index is 0.414. The summed E-state index contributed by atoms with van der Waals surface area (Å²) >= 11 is 0. The third-order valence-electron chi connectivity index (χ3n) is 4.25. The molecule has 2 saturated heterocycles. The van der Waals surface area contributed by atoms with Gasteiger partial charge in [0.2, 0.25) is 0 Å². The third kappa shape index (κ3) is 2.35. The molecule has 0 bridgehead atoms. The monoisotopic (exact) mass is 212 g/mol. The van der Waals surface area contributed by atoms with Gasteiger partial charge >= 0.3 is 0 Å². The molecular weight excluding hydrogens is 188 g/mol. The molecule has 15 heavy (non-hydrogen) atoms. The molecule has 2 heterocycles. The van der Waals surface area contributed by atoms with E-state index in [2.05, 4.69) is 18.7 Å². The Bertz CT molecular complexity index is 210. The normalized spacial score (nSPS) is 43.4. The first-order valence-electron chi connectivity index (χ1n) is 6.28. The van der Waals surface area contributed by atoms with Crippen molar-refractivity contribution in [1.82, 2.24) is 4.90 Å². The molecule has 4 atom stereocenters. The summed E-state index contributed by atoms with van der Waals surface area (Å²) < 4.78 is 5.64. The lowest BCUT2D eigenvalue weighted by atomic mass is 9.86. The van der Waals surface area contributed by atoms with Gasteiger partial charge in [-0.15, -0.1) is 0 Å². The van der Waals surface area contributed by atoms with Gasteiger partial charge in [0.1, 0.15) is 0 Å². The Morgan fingerprint density at radius 3 is 2.73 bits per heavy atom. The molecule has 3 heteroatoms. The Labute approximate surface area is 93.0 Å². The molecule has 0 aromatic heterocycles. The Balaban J connectivity index is 1.93. The molecule has 0 aliphatic carbocycles. The highest BCUT2D eigenvalue weighted by Crippen LogP contribution is 2.28. The van der Waals surface area contributed by atoms with Crippen molar-refractivity contribution in [2.45, 2.75) is 38.8 Å². The molecule has 88 valence electrons. The molecule has 0 aromatic rings. The van der Waals surface area contributed by atoms with Crippen LogP contribution in [0.15, 0.2) is 0 Å². The number of rotatable bonds is 2. The fourth-order valence-corrected chi connectivity index (χ4v) is 2.99. The smallest absolute Gasteiger partial charge is 0.0703 e. The van der Waals surface area contributed by atoms with E-state index in [9.17, 15) is 0 Å². The van der Waals surface area contributed by atoms with Gasteiger partial charge in [-0.2, -0.15) is 0 Å². The highest BCUT2D eigenvalue weighted by atomic mass is 16.5. The van der Waals surface area contributed by atoms with Gasteiger partial charge in [-0.1, -0.05) is 6.92 Å². The SMILES string of the molecule is CC1CCN(C2CCOC2C)CC1CN. The summed E-state index contributed by atoms with van der Waals surface area (Å²) in [4.78, 5) is 2.61. The summed E-state index contributed by atoms with van der Waals surface area (Å²) in [7, 11) is 0. The molecule has 4 unspecified atom stereocenters. The molecule has 0 saturated carbocycles. The topological polar surface area (TPSA) is 38.5 Å². The summed E-state index contributed by atoms with van der Waals surface area (Å²) in [5, 5.41) is 0. The number of ether oxygens (including phenoxy) is 1. The second-order valence-electron chi connectivity index (χ2n) is 5.19. The molecule has 0 aromatic carbocycles. The minimum Gasteiger partial charge on any atom is -0.377 e. The van der Waals surface area contributed by atoms with Crippen molar-refractivity contribution in [3.63, 3.8) is 0 Å². The van der Waals surface area contributed by atoms with E-state index in [1.165, 1.54) is 25.9 Å². The Kier molecular flexibility index (Phi) is 3.65. The van der Waals surface area contributed by atoms with Gasteiger partial charge in [0.05, 0.1) is 6.10 Å². The van der Waals surface area contributed by atoms with Crippen LogP contribution in [-0.4, -0.2) is 43.3 Å². The summed E-state index contributed by atoms with van der Waals surface area (Å²) in [5.41, 5.74) is 5.83. The van der Waals surface area contributed by atoms with E-state index in [4.69, 9.17) is 10.5 Å². The predicted octanol–water partition coefficient (Wildman–Crippen LogP) is 1.08. The van der Waals surface area contributed by atoms with Crippen LogP contribution in [0.4, 0.5) is 0 Å². The van der Waals surface area contributed by atoms with Gasteiger partial charge < -0.3 is 10.5 Å².